The first-order valence-corrected chi connectivity index (χ1v) is 11.1. The fourth-order valence-corrected chi connectivity index (χ4v) is 5.80. The van der Waals surface area contributed by atoms with Crippen LogP contribution in [0.2, 0.25) is 0 Å². The Balaban J connectivity index is 1.75. The lowest BCUT2D eigenvalue weighted by Crippen LogP contribution is -2.51. The van der Waals surface area contributed by atoms with Gasteiger partial charge in [-0.2, -0.15) is 0 Å². The molecule has 2 aliphatic rings. The topological polar surface area (TPSA) is 52.6 Å². The molecule has 0 spiro atoms. The van der Waals surface area contributed by atoms with Crippen molar-refractivity contribution < 1.29 is 19.1 Å². The maximum absolute atomic E-state index is 12.2. The fourth-order valence-electron chi connectivity index (χ4n) is 5.80. The number of carbonyl (C=O) groups excluding carboxylic acids is 2. The van der Waals surface area contributed by atoms with Gasteiger partial charge in [0.25, 0.3) is 0 Å². The summed E-state index contributed by atoms with van der Waals surface area (Å²) in [5, 5.41) is 0. The van der Waals surface area contributed by atoms with E-state index in [4.69, 9.17) is 4.74 Å². The Hall–Kier alpha value is -1.84. The Kier molecular flexibility index (Phi) is 6.40. The first-order valence-electron chi connectivity index (χ1n) is 11.1. The molecule has 1 aromatic rings. The first kappa shape index (κ1) is 21.9. The van der Waals surface area contributed by atoms with Crippen LogP contribution in [0.3, 0.4) is 0 Å². The second-order valence-corrected chi connectivity index (χ2v) is 9.82. The highest BCUT2D eigenvalue weighted by Gasteiger charge is 2.52. The number of fused-ring (bicyclic) bond motifs is 3. The summed E-state index contributed by atoms with van der Waals surface area (Å²) in [5.41, 5.74) is 4.54. The van der Waals surface area contributed by atoms with E-state index in [1.54, 1.807) is 0 Å². The summed E-state index contributed by atoms with van der Waals surface area (Å²) >= 11 is 0. The van der Waals surface area contributed by atoms with Crippen molar-refractivity contribution in [3.05, 3.63) is 34.9 Å². The Labute approximate surface area is 175 Å². The van der Waals surface area contributed by atoms with E-state index >= 15 is 0 Å². The highest BCUT2D eigenvalue weighted by Crippen LogP contribution is 2.57. The summed E-state index contributed by atoms with van der Waals surface area (Å²) < 4.78 is 10.3. The van der Waals surface area contributed by atoms with Crippen LogP contribution >= 0.6 is 0 Å². The molecule has 0 amide bonds. The molecule has 0 saturated heterocycles. The van der Waals surface area contributed by atoms with Crippen molar-refractivity contribution >= 4 is 11.9 Å². The fraction of sp³-hybridized carbons (Fsp3) is 0.680. The largest absolute Gasteiger partial charge is 0.469 e. The third-order valence-electron chi connectivity index (χ3n) is 7.49. The minimum absolute atomic E-state index is 0.0255. The molecular formula is C25H36O4. The van der Waals surface area contributed by atoms with Crippen molar-refractivity contribution in [2.24, 2.45) is 11.3 Å². The van der Waals surface area contributed by atoms with Crippen LogP contribution in [0, 0.1) is 11.3 Å². The van der Waals surface area contributed by atoms with Gasteiger partial charge in [-0.15, -0.1) is 0 Å². The van der Waals surface area contributed by atoms with Gasteiger partial charge in [0.1, 0.15) is 0 Å². The highest BCUT2D eigenvalue weighted by atomic mass is 16.5. The summed E-state index contributed by atoms with van der Waals surface area (Å²) in [5.74, 6) is 0.367. The van der Waals surface area contributed by atoms with Gasteiger partial charge < -0.3 is 9.47 Å². The van der Waals surface area contributed by atoms with Crippen LogP contribution in [0.25, 0.3) is 0 Å². The zero-order chi connectivity index (χ0) is 21.2. The van der Waals surface area contributed by atoms with Gasteiger partial charge in [-0.3, -0.25) is 9.59 Å². The molecule has 0 N–H and O–H groups in total. The van der Waals surface area contributed by atoms with Crippen molar-refractivity contribution in [1.29, 1.82) is 0 Å². The molecule has 1 aromatic carbocycles. The van der Waals surface area contributed by atoms with Crippen molar-refractivity contribution in [1.82, 2.24) is 0 Å². The van der Waals surface area contributed by atoms with Gasteiger partial charge in [0.2, 0.25) is 0 Å². The number of benzene rings is 1. The van der Waals surface area contributed by atoms with Gasteiger partial charge >= 0.3 is 11.9 Å². The van der Waals surface area contributed by atoms with E-state index < -0.39 is 0 Å². The average Bonchev–Trinajstić information content (AvgIpc) is 2.70. The smallest absolute Gasteiger partial charge is 0.306 e. The minimum atomic E-state index is -0.372. The number of esters is 2. The van der Waals surface area contributed by atoms with Crippen molar-refractivity contribution in [3.8, 4) is 0 Å². The number of hydrogen-bond donors (Lipinski definition) is 0. The van der Waals surface area contributed by atoms with Crippen molar-refractivity contribution in [3.63, 3.8) is 0 Å². The lowest BCUT2D eigenvalue weighted by Gasteiger charge is -2.55. The Morgan fingerprint density at radius 1 is 1.14 bits per heavy atom. The summed E-state index contributed by atoms with van der Waals surface area (Å²) in [6, 6.07) is 7.08. The molecule has 0 bridgehead atoms. The highest BCUT2D eigenvalue weighted by molar-refractivity contribution is 5.77. The van der Waals surface area contributed by atoms with Crippen LogP contribution in [0.1, 0.15) is 88.8 Å². The van der Waals surface area contributed by atoms with E-state index in [1.165, 1.54) is 30.2 Å². The SMILES string of the molecule is COC(=O)CCC(=O)OCC1(C)CCCC2(C)c3ccc(C(C)C)cc3CCC12. The van der Waals surface area contributed by atoms with Crippen LogP contribution in [-0.4, -0.2) is 25.7 Å². The van der Waals surface area contributed by atoms with Crippen LogP contribution in [0.5, 0.6) is 0 Å². The molecule has 1 saturated carbocycles. The lowest BCUT2D eigenvalue weighted by molar-refractivity contribution is -0.154. The number of rotatable bonds is 6. The van der Waals surface area contributed by atoms with Crippen molar-refractivity contribution in [2.45, 2.75) is 84.0 Å². The van der Waals surface area contributed by atoms with Gasteiger partial charge in [-0.1, -0.05) is 52.3 Å². The van der Waals surface area contributed by atoms with Gasteiger partial charge in [0, 0.05) is 5.41 Å². The Morgan fingerprint density at radius 3 is 2.55 bits per heavy atom. The molecule has 4 heteroatoms. The molecule has 3 unspecified atom stereocenters. The van der Waals surface area contributed by atoms with Crippen LogP contribution < -0.4 is 0 Å². The van der Waals surface area contributed by atoms with E-state index in [9.17, 15) is 9.59 Å². The zero-order valence-electron chi connectivity index (χ0n) is 18.7. The number of hydrogen-bond acceptors (Lipinski definition) is 4. The van der Waals surface area contributed by atoms with E-state index in [0.29, 0.717) is 18.4 Å². The van der Waals surface area contributed by atoms with E-state index in [0.717, 1.165) is 25.7 Å². The molecule has 0 radical (unpaired) electrons. The monoisotopic (exact) mass is 400 g/mol. The average molecular weight is 401 g/mol. The second kappa shape index (κ2) is 8.49. The van der Waals surface area contributed by atoms with Gasteiger partial charge in [-0.05, 0) is 59.6 Å². The van der Waals surface area contributed by atoms with Crippen molar-refractivity contribution in [2.75, 3.05) is 13.7 Å². The van der Waals surface area contributed by atoms with Gasteiger partial charge in [-0.25, -0.2) is 0 Å². The number of ether oxygens (including phenoxy) is 2. The second-order valence-electron chi connectivity index (χ2n) is 9.82. The summed E-state index contributed by atoms with van der Waals surface area (Å²) in [7, 11) is 1.34. The Morgan fingerprint density at radius 2 is 1.86 bits per heavy atom. The number of carbonyl (C=O) groups is 2. The first-order chi connectivity index (χ1) is 13.7. The quantitative estimate of drug-likeness (QED) is 0.607. The lowest BCUT2D eigenvalue weighted by atomic mass is 9.50. The van der Waals surface area contributed by atoms with E-state index in [-0.39, 0.29) is 35.6 Å². The predicted octanol–water partition coefficient (Wildman–Crippen LogP) is 5.32. The molecule has 1 fully saturated rings. The van der Waals surface area contributed by atoms with Gasteiger partial charge in [0.15, 0.2) is 0 Å². The Bertz CT molecular complexity index is 768. The molecule has 2 aliphatic carbocycles. The van der Waals surface area contributed by atoms with Gasteiger partial charge in [0.05, 0.1) is 26.6 Å². The third-order valence-corrected chi connectivity index (χ3v) is 7.49. The molecule has 0 aliphatic heterocycles. The van der Waals surface area contributed by atoms with Crippen LogP contribution in [0.4, 0.5) is 0 Å². The maximum atomic E-state index is 12.2. The maximum Gasteiger partial charge on any atom is 0.306 e. The number of aryl methyl sites for hydroxylation is 1. The normalized spacial score (nSPS) is 28.4. The van der Waals surface area contributed by atoms with E-state index in [2.05, 4.69) is 50.6 Å². The molecule has 0 aromatic heterocycles. The predicted molar refractivity (Wildman–Crippen MR) is 114 cm³/mol. The number of methoxy groups -OCH3 is 1. The molecule has 160 valence electrons. The molecular weight excluding hydrogens is 364 g/mol. The molecule has 3 rings (SSSR count). The zero-order valence-corrected chi connectivity index (χ0v) is 18.7. The van der Waals surface area contributed by atoms with E-state index in [1.807, 2.05) is 0 Å². The van der Waals surface area contributed by atoms with Crippen LogP contribution in [-0.2, 0) is 30.9 Å². The molecule has 4 nitrogen and oxygen atoms in total. The minimum Gasteiger partial charge on any atom is -0.469 e. The molecule has 29 heavy (non-hydrogen) atoms. The summed E-state index contributed by atoms with van der Waals surface area (Å²) in [4.78, 5) is 23.4. The standard InChI is InChI=1S/C25H36O4/c1-17(2)18-7-9-20-19(15-18)8-10-21-24(3,13-6-14-25(20,21)4)16-29-23(27)12-11-22(26)28-5/h7,9,15,17,21H,6,8,10-14,16H2,1-5H3. The molecule has 0 heterocycles. The summed E-state index contributed by atoms with van der Waals surface area (Å²) in [6.07, 6.45) is 5.83. The van der Waals surface area contributed by atoms with Crippen LogP contribution in [0.15, 0.2) is 18.2 Å². The third kappa shape index (κ3) is 4.36. The summed E-state index contributed by atoms with van der Waals surface area (Å²) in [6.45, 7) is 9.65. The molecule has 3 atom stereocenters.